The molecule has 0 heterocycles. The molecule has 5 aliphatic rings. The van der Waals surface area contributed by atoms with Crippen molar-refractivity contribution in [1.82, 2.24) is 0 Å². The number of carbonyl (C=O) groups excluding carboxylic acids is 5. The number of allylic oxidation sites excluding steroid dienone is 2. The van der Waals surface area contributed by atoms with Crippen molar-refractivity contribution in [2.24, 2.45) is 0 Å². The molecule has 1 atom stereocenters. The van der Waals surface area contributed by atoms with Gasteiger partial charge >= 0.3 is 0 Å². The summed E-state index contributed by atoms with van der Waals surface area (Å²) in [6.45, 7) is 1.60. The topological polar surface area (TPSA) is 271 Å². The minimum Gasteiger partial charge on any atom is -0.493 e. The summed E-state index contributed by atoms with van der Waals surface area (Å²) in [5, 5.41) is 63.9. The van der Waals surface area contributed by atoms with Crippen molar-refractivity contribution in [2.45, 2.75) is 25.7 Å². The van der Waals surface area contributed by atoms with Crippen LogP contribution >= 0.6 is 0 Å². The zero-order valence-corrected chi connectivity index (χ0v) is 60.8. The lowest BCUT2D eigenvalue weighted by Gasteiger charge is -2.18. The van der Waals surface area contributed by atoms with Crippen LogP contribution in [0, 0.1) is 0 Å². The standard InChI is InChI=1S/C22H18O4.C21H16O3.2C17H16O4.C16H14O3/c1-25-20-10-14(12-23)8-9-19(20)26-13-17-11-16-6-2-4-15-5-3-7-18(21(15)16)22(17)24;22-12-14-7-9-18(10-8-14)24-13-17-11-16-5-1-3-15-4-2-6-19(20(15)16)21(17)23;18-8-14(19)10-21-9-13-7-12-5-1-3-11-4-2-6-15(16(11)12)17(13)20;18-7-8-20-9-10-21-16-11-15(19)13-5-1-3-12-4-2-6-14(16)17(12)13;17-8-3-9-19-15-10-14(18)12-6-1-4-11-5-2-7-13(15)16(11)12/h2-11,23H,12-13H2,1H3;1-11,22H,12-13H2;1-7,14,18-19H,8-10H2;1-6,11,18H,7-10H2;1-2,4-7,10,17H,3,8-9H2. The number of aliphatic hydroxyl groups excluding tert-OH is 6. The van der Waals surface area contributed by atoms with E-state index in [1.807, 2.05) is 212 Å². The number of hydrogen-bond donors (Lipinski definition) is 6. The van der Waals surface area contributed by atoms with E-state index in [9.17, 15) is 34.2 Å². The van der Waals surface area contributed by atoms with E-state index < -0.39 is 6.10 Å². The van der Waals surface area contributed by atoms with Crippen LogP contribution in [0.1, 0.15) is 97.2 Å². The van der Waals surface area contributed by atoms with E-state index >= 15 is 0 Å². The fourth-order valence-corrected chi connectivity index (χ4v) is 13.8. The molecule has 17 rings (SSSR count). The Kier molecular flexibility index (Phi) is 25.1. The summed E-state index contributed by atoms with van der Waals surface area (Å²) < 4.78 is 38.7. The molecule has 0 bridgehead atoms. The van der Waals surface area contributed by atoms with Gasteiger partial charge in [0.1, 0.15) is 43.2 Å². The minimum absolute atomic E-state index is 0.00467. The molecule has 12 aromatic rings. The predicted molar refractivity (Wildman–Crippen MR) is 429 cm³/mol. The molecule has 6 N–H and O–H groups in total. The molecular formula is C93H80O18. The molecule has 0 saturated heterocycles. The number of benzene rings is 12. The van der Waals surface area contributed by atoms with Gasteiger partial charge < -0.3 is 63.8 Å². The summed E-state index contributed by atoms with van der Waals surface area (Å²) in [4.78, 5) is 62.4. The molecule has 18 nitrogen and oxygen atoms in total. The molecule has 0 spiro atoms. The Morgan fingerprint density at radius 2 is 0.748 bits per heavy atom. The second-order valence-electron chi connectivity index (χ2n) is 26.4. The smallest absolute Gasteiger partial charge is 0.193 e. The highest BCUT2D eigenvalue weighted by atomic mass is 16.5. The Morgan fingerprint density at radius 1 is 0.342 bits per heavy atom. The number of carbonyl (C=O) groups is 5. The number of Topliss-reactive ketones (excluding diaryl/α,β-unsaturated/α-hetero) is 3. The zero-order chi connectivity index (χ0) is 77.3. The Hall–Kier alpha value is -12.3. The Morgan fingerprint density at radius 3 is 1.18 bits per heavy atom. The molecule has 0 saturated carbocycles. The first-order chi connectivity index (χ1) is 54.3. The molecule has 1 unspecified atom stereocenters. The first kappa shape index (κ1) is 76.9. The third-order valence-corrected chi connectivity index (χ3v) is 19.2. The molecule has 0 radical (unpaired) electrons. The fourth-order valence-electron chi connectivity index (χ4n) is 13.8. The van der Waals surface area contributed by atoms with Crippen molar-refractivity contribution in [2.75, 3.05) is 79.8 Å². The molecule has 560 valence electrons. The summed E-state index contributed by atoms with van der Waals surface area (Å²) in [5.41, 5.74) is 11.9. The second-order valence-corrected chi connectivity index (χ2v) is 26.4. The third kappa shape index (κ3) is 17.4. The van der Waals surface area contributed by atoms with Crippen LogP contribution < -0.4 is 14.2 Å². The maximum absolute atomic E-state index is 12.9. The van der Waals surface area contributed by atoms with Crippen LogP contribution in [0.5, 0.6) is 17.2 Å². The van der Waals surface area contributed by atoms with Crippen LogP contribution in [0.4, 0.5) is 0 Å². The number of ether oxygens (including phenoxy) is 7. The number of ketones is 5. The van der Waals surface area contributed by atoms with Crippen LogP contribution in [-0.4, -0.2) is 145 Å². The fraction of sp³-hybridized carbons (Fsp3) is 0.172. The molecule has 12 aromatic carbocycles. The first-order valence-corrected chi connectivity index (χ1v) is 36.3. The van der Waals surface area contributed by atoms with E-state index in [0.29, 0.717) is 95.0 Å². The van der Waals surface area contributed by atoms with Gasteiger partial charge in [0.2, 0.25) is 0 Å². The SMILES string of the molecule is COc1cc(CO)ccc1OCC1=Cc2cccc3cccc(c23)C1=O.O=C1C(COCC(O)CO)=Cc2cccc3cccc1c23.O=C1C(COc2ccc(CO)cc2)=Cc2cccc3cccc1c23.O=C1C=C(OCCCO)c2cccc3cccc1c23.O=C1C=C(OCCOCCO)c2cccc3cccc1c23. The van der Waals surface area contributed by atoms with E-state index in [1.165, 1.54) is 12.2 Å². The highest BCUT2D eigenvalue weighted by Gasteiger charge is 2.27. The van der Waals surface area contributed by atoms with Crippen LogP contribution in [0.2, 0.25) is 0 Å². The number of hydrogen-bond acceptors (Lipinski definition) is 18. The summed E-state index contributed by atoms with van der Waals surface area (Å²) in [7, 11) is 1.55. The van der Waals surface area contributed by atoms with Gasteiger partial charge in [0.25, 0.3) is 0 Å². The van der Waals surface area contributed by atoms with E-state index in [2.05, 4.69) is 0 Å². The molecule has 0 fully saturated rings. The van der Waals surface area contributed by atoms with Crippen molar-refractivity contribution in [3.63, 3.8) is 0 Å². The van der Waals surface area contributed by atoms with Gasteiger partial charge in [-0.15, -0.1) is 0 Å². The molecule has 0 amide bonds. The average molecular weight is 1490 g/mol. The van der Waals surface area contributed by atoms with E-state index in [0.717, 1.165) is 104 Å². The minimum atomic E-state index is -0.917. The van der Waals surface area contributed by atoms with Gasteiger partial charge in [0.15, 0.2) is 40.4 Å². The van der Waals surface area contributed by atoms with E-state index in [1.54, 1.807) is 37.4 Å². The lowest BCUT2D eigenvalue weighted by atomic mass is 9.88. The highest BCUT2D eigenvalue weighted by molar-refractivity contribution is 6.26. The van der Waals surface area contributed by atoms with Gasteiger partial charge in [-0.2, -0.15) is 0 Å². The Bertz CT molecular complexity index is 5660. The molecule has 5 aliphatic carbocycles. The average Bonchev–Trinajstić information content (AvgIpc) is 0.791. The van der Waals surface area contributed by atoms with Gasteiger partial charge in [0.05, 0.1) is 66.6 Å². The summed E-state index contributed by atoms with van der Waals surface area (Å²) in [6, 6.07) is 71.0. The molecular weight excluding hydrogens is 1410 g/mol. The monoisotopic (exact) mass is 1480 g/mol. The summed E-state index contributed by atoms with van der Waals surface area (Å²) in [6.07, 6.45) is 8.36. The molecule has 0 aromatic heterocycles. The molecule has 18 heteroatoms. The number of rotatable bonds is 24. The van der Waals surface area contributed by atoms with Crippen molar-refractivity contribution in [3.8, 4) is 17.2 Å². The maximum Gasteiger partial charge on any atom is 0.193 e. The first-order valence-electron chi connectivity index (χ1n) is 36.3. The van der Waals surface area contributed by atoms with Crippen molar-refractivity contribution in [1.29, 1.82) is 0 Å². The number of aliphatic hydroxyl groups is 6. The summed E-state index contributed by atoms with van der Waals surface area (Å²) >= 11 is 0. The van der Waals surface area contributed by atoms with Crippen LogP contribution in [0.15, 0.2) is 253 Å². The Labute approximate surface area is 639 Å². The van der Waals surface area contributed by atoms with Gasteiger partial charge in [-0.1, -0.05) is 200 Å². The highest BCUT2D eigenvalue weighted by Crippen LogP contribution is 2.39. The molecule has 0 aliphatic heterocycles. The lowest BCUT2D eigenvalue weighted by Crippen LogP contribution is -2.22. The van der Waals surface area contributed by atoms with Crippen LogP contribution in [0.25, 0.3) is 83.6 Å². The van der Waals surface area contributed by atoms with E-state index in [4.69, 9.17) is 53.6 Å². The van der Waals surface area contributed by atoms with Gasteiger partial charge in [0, 0.05) is 108 Å². The Balaban J connectivity index is 0.000000122. The van der Waals surface area contributed by atoms with Gasteiger partial charge in [-0.05, 0) is 97.2 Å². The third-order valence-electron chi connectivity index (χ3n) is 19.2. The van der Waals surface area contributed by atoms with E-state index in [-0.39, 0.29) is 88.4 Å². The summed E-state index contributed by atoms with van der Waals surface area (Å²) in [5.74, 6) is 2.83. The quantitative estimate of drug-likeness (QED) is 0.0307. The van der Waals surface area contributed by atoms with Crippen molar-refractivity contribution in [3.05, 3.63) is 320 Å². The van der Waals surface area contributed by atoms with Crippen molar-refractivity contribution < 1.29 is 87.8 Å². The van der Waals surface area contributed by atoms with Crippen LogP contribution in [-0.2, 0) is 32.2 Å². The lowest BCUT2D eigenvalue weighted by molar-refractivity contribution is 0.0131. The number of methoxy groups -OCH3 is 1. The van der Waals surface area contributed by atoms with Crippen LogP contribution in [0.3, 0.4) is 0 Å². The zero-order valence-electron chi connectivity index (χ0n) is 60.8. The van der Waals surface area contributed by atoms with Gasteiger partial charge in [-0.3, -0.25) is 24.0 Å². The normalized spacial score (nSPS) is 13.5. The van der Waals surface area contributed by atoms with Crippen molar-refractivity contribution >= 4 is 113 Å². The second kappa shape index (κ2) is 36.3. The maximum atomic E-state index is 12.9. The molecule has 111 heavy (non-hydrogen) atoms. The largest absolute Gasteiger partial charge is 0.493 e. The predicted octanol–water partition coefficient (Wildman–Crippen LogP) is 15.0. The van der Waals surface area contributed by atoms with Gasteiger partial charge in [-0.25, -0.2) is 0 Å².